The maximum Gasteiger partial charge on any atom is 0.216 e. The third-order valence-corrected chi connectivity index (χ3v) is 4.34. The first-order valence-electron chi connectivity index (χ1n) is 7.48. The Morgan fingerprint density at radius 1 is 1.20 bits per heavy atom. The summed E-state index contributed by atoms with van der Waals surface area (Å²) in [7, 11) is 0. The number of halogens is 2. The Hall–Kier alpha value is -2.15. The van der Waals surface area contributed by atoms with Crippen LogP contribution in [-0.4, -0.2) is 27.7 Å². The molecule has 3 rings (SSSR count). The van der Waals surface area contributed by atoms with Crippen LogP contribution in [0.5, 0.6) is 5.75 Å². The monoisotopic (exact) mass is 392 g/mol. The summed E-state index contributed by atoms with van der Waals surface area (Å²) in [6, 6.07) is 12.8. The van der Waals surface area contributed by atoms with E-state index in [-0.39, 0.29) is 0 Å². The number of rotatable bonds is 5. The molecule has 0 amide bonds. The third-order valence-electron chi connectivity index (χ3n) is 3.34. The van der Waals surface area contributed by atoms with E-state index in [0.29, 0.717) is 27.2 Å². The smallest absolute Gasteiger partial charge is 0.216 e. The molecule has 0 spiro atoms. The fourth-order valence-electron chi connectivity index (χ4n) is 2.17. The maximum atomic E-state index is 6.02. The summed E-state index contributed by atoms with van der Waals surface area (Å²) in [6.45, 7) is 2.56. The molecule has 5 nitrogen and oxygen atoms in total. The molecule has 0 saturated carbocycles. The van der Waals surface area contributed by atoms with E-state index in [1.165, 1.54) is 0 Å². The number of hydrogen-bond donors (Lipinski definition) is 1. The number of nitrogens with one attached hydrogen (secondary N) is 1. The Kier molecular flexibility index (Phi) is 5.53. The van der Waals surface area contributed by atoms with E-state index in [0.717, 1.165) is 16.9 Å². The zero-order valence-corrected chi connectivity index (χ0v) is 15.6. The molecule has 0 aliphatic heterocycles. The third kappa shape index (κ3) is 4.10. The maximum absolute atomic E-state index is 6.02. The summed E-state index contributed by atoms with van der Waals surface area (Å²) < 4.78 is 7.39. The fourth-order valence-corrected chi connectivity index (χ4v) is 2.66. The fraction of sp³-hybridized carbons (Fsp3) is 0.118. The normalized spacial score (nSPS) is 11.2. The van der Waals surface area contributed by atoms with E-state index < -0.39 is 0 Å². The molecule has 2 aromatic carbocycles. The molecule has 1 N–H and O–H groups in total. The summed E-state index contributed by atoms with van der Waals surface area (Å²) in [5, 5.41) is 12.4. The van der Waals surface area contributed by atoms with Crippen LogP contribution in [0.25, 0.3) is 11.4 Å². The number of benzene rings is 2. The van der Waals surface area contributed by atoms with Crippen molar-refractivity contribution < 1.29 is 4.74 Å². The minimum Gasteiger partial charge on any atom is -0.494 e. The molecule has 0 unspecified atom stereocenters. The highest BCUT2D eigenvalue weighted by atomic mass is 35.5. The van der Waals surface area contributed by atoms with Gasteiger partial charge in [0.1, 0.15) is 5.75 Å². The van der Waals surface area contributed by atoms with Gasteiger partial charge in [-0.05, 0) is 61.1 Å². The molecule has 1 heterocycles. The highest BCUT2D eigenvalue weighted by molar-refractivity contribution is 7.71. The Bertz CT molecular complexity index is 964. The van der Waals surface area contributed by atoms with E-state index in [9.17, 15) is 0 Å². The molecule has 0 atom stereocenters. The number of hydrogen-bond acceptors (Lipinski definition) is 4. The summed E-state index contributed by atoms with van der Waals surface area (Å²) in [4.78, 5) is 0. The summed E-state index contributed by atoms with van der Waals surface area (Å²) >= 11 is 17.2. The van der Waals surface area contributed by atoms with Crippen molar-refractivity contribution in [3.8, 4) is 17.1 Å². The van der Waals surface area contributed by atoms with Crippen LogP contribution in [0.1, 0.15) is 12.5 Å². The number of H-pyrrole nitrogens is 1. The van der Waals surface area contributed by atoms with E-state index >= 15 is 0 Å². The molecule has 8 heteroatoms. The van der Waals surface area contributed by atoms with Gasteiger partial charge in [-0.25, -0.2) is 5.10 Å². The Morgan fingerprint density at radius 3 is 2.64 bits per heavy atom. The van der Waals surface area contributed by atoms with Crippen LogP contribution in [0.4, 0.5) is 0 Å². The number of ether oxygens (including phenoxy) is 1. The molecular formula is C17H14Cl2N4OS. The zero-order chi connectivity index (χ0) is 17.8. The predicted molar refractivity (Wildman–Crippen MR) is 103 cm³/mol. The predicted octanol–water partition coefficient (Wildman–Crippen LogP) is 5.20. The van der Waals surface area contributed by atoms with Gasteiger partial charge in [-0.2, -0.15) is 14.9 Å². The van der Waals surface area contributed by atoms with Crippen molar-refractivity contribution in [3.63, 3.8) is 0 Å². The van der Waals surface area contributed by atoms with Crippen LogP contribution in [-0.2, 0) is 0 Å². The minimum atomic E-state index is 0.389. The highest BCUT2D eigenvalue weighted by Gasteiger charge is 2.08. The van der Waals surface area contributed by atoms with Gasteiger partial charge in [0.05, 0.1) is 22.9 Å². The van der Waals surface area contributed by atoms with Crippen LogP contribution >= 0.6 is 35.4 Å². The van der Waals surface area contributed by atoms with Crippen molar-refractivity contribution in [1.29, 1.82) is 0 Å². The molecule has 128 valence electrons. The Balaban J connectivity index is 1.92. The second-order valence-corrected chi connectivity index (χ2v) is 6.24. The lowest BCUT2D eigenvalue weighted by atomic mass is 10.2. The first-order valence-corrected chi connectivity index (χ1v) is 8.65. The molecule has 25 heavy (non-hydrogen) atoms. The van der Waals surface area contributed by atoms with Crippen molar-refractivity contribution in [2.24, 2.45) is 5.10 Å². The SMILES string of the molecule is CCOc1ccc(-c2n[nH]c(=S)n2/N=C/c2ccc(Cl)c(Cl)c2)cc1. The Labute approximate surface area is 159 Å². The molecule has 1 aromatic heterocycles. The van der Waals surface area contributed by atoms with Gasteiger partial charge in [-0.1, -0.05) is 29.3 Å². The van der Waals surface area contributed by atoms with Crippen molar-refractivity contribution in [3.05, 3.63) is 62.8 Å². The summed E-state index contributed by atoms with van der Waals surface area (Å²) in [6.07, 6.45) is 1.64. The minimum absolute atomic E-state index is 0.389. The average molecular weight is 393 g/mol. The van der Waals surface area contributed by atoms with Gasteiger partial charge in [-0.15, -0.1) is 0 Å². The van der Waals surface area contributed by atoms with Gasteiger partial charge < -0.3 is 4.74 Å². The van der Waals surface area contributed by atoms with Gasteiger partial charge in [-0.3, -0.25) is 0 Å². The van der Waals surface area contributed by atoms with Crippen molar-refractivity contribution in [1.82, 2.24) is 14.9 Å². The van der Waals surface area contributed by atoms with Gasteiger partial charge in [0, 0.05) is 5.56 Å². The highest BCUT2D eigenvalue weighted by Crippen LogP contribution is 2.23. The second kappa shape index (κ2) is 7.82. The average Bonchev–Trinajstić information content (AvgIpc) is 2.98. The van der Waals surface area contributed by atoms with E-state index in [4.69, 9.17) is 40.2 Å². The number of aromatic nitrogens is 3. The molecule has 3 aromatic rings. The topological polar surface area (TPSA) is 55.2 Å². The number of nitrogens with zero attached hydrogens (tertiary/aromatic N) is 3. The molecule has 0 fully saturated rings. The van der Waals surface area contributed by atoms with Crippen LogP contribution in [0.3, 0.4) is 0 Å². The van der Waals surface area contributed by atoms with Gasteiger partial charge >= 0.3 is 0 Å². The quantitative estimate of drug-likeness (QED) is 0.479. The van der Waals surface area contributed by atoms with Gasteiger partial charge in [0.2, 0.25) is 4.77 Å². The lowest BCUT2D eigenvalue weighted by molar-refractivity contribution is 0.340. The van der Waals surface area contributed by atoms with E-state index in [1.54, 1.807) is 23.0 Å². The Morgan fingerprint density at radius 2 is 1.96 bits per heavy atom. The van der Waals surface area contributed by atoms with Crippen LogP contribution < -0.4 is 4.74 Å². The van der Waals surface area contributed by atoms with Gasteiger partial charge in [0.25, 0.3) is 0 Å². The molecule has 0 aliphatic carbocycles. The summed E-state index contributed by atoms with van der Waals surface area (Å²) in [5.41, 5.74) is 1.66. The lowest BCUT2D eigenvalue weighted by Crippen LogP contribution is -1.96. The molecular weight excluding hydrogens is 379 g/mol. The van der Waals surface area contributed by atoms with E-state index in [2.05, 4.69) is 15.3 Å². The molecule has 0 radical (unpaired) electrons. The molecule has 0 saturated heterocycles. The van der Waals surface area contributed by atoms with Crippen LogP contribution in [0.2, 0.25) is 10.0 Å². The van der Waals surface area contributed by atoms with Gasteiger partial charge in [0.15, 0.2) is 5.82 Å². The lowest BCUT2D eigenvalue weighted by Gasteiger charge is -2.04. The standard InChI is InChI=1S/C17H14Cl2N4OS/c1-2-24-13-6-4-12(5-7-13)16-21-22-17(25)23(16)20-10-11-3-8-14(18)15(19)9-11/h3-10H,2H2,1H3,(H,22,25)/b20-10+. The first kappa shape index (κ1) is 17.7. The van der Waals surface area contributed by atoms with E-state index in [1.807, 2.05) is 37.3 Å². The van der Waals surface area contributed by atoms with Crippen molar-refractivity contribution in [2.75, 3.05) is 6.61 Å². The van der Waals surface area contributed by atoms with Crippen LogP contribution in [0, 0.1) is 4.77 Å². The van der Waals surface area contributed by atoms with Crippen LogP contribution in [0.15, 0.2) is 47.6 Å². The summed E-state index contributed by atoms with van der Waals surface area (Å²) in [5.74, 6) is 1.40. The zero-order valence-electron chi connectivity index (χ0n) is 13.2. The number of aromatic amines is 1. The molecule has 0 bridgehead atoms. The van der Waals surface area contributed by atoms with Crippen molar-refractivity contribution in [2.45, 2.75) is 6.92 Å². The molecule has 0 aliphatic rings. The largest absolute Gasteiger partial charge is 0.494 e. The van der Waals surface area contributed by atoms with Crippen molar-refractivity contribution >= 4 is 41.6 Å². The second-order valence-electron chi connectivity index (χ2n) is 5.04. The first-order chi connectivity index (χ1) is 12.1.